The van der Waals surface area contributed by atoms with Gasteiger partial charge in [0.25, 0.3) is 0 Å². The van der Waals surface area contributed by atoms with Crippen LogP contribution in [0.25, 0.3) is 0 Å². The van der Waals surface area contributed by atoms with Crippen LogP contribution >= 0.6 is 0 Å². The summed E-state index contributed by atoms with van der Waals surface area (Å²) in [5.74, 6) is 0.0577. The zero-order valence-corrected chi connectivity index (χ0v) is 15.0. The number of likely N-dealkylation sites (tertiary alicyclic amines) is 2. The second kappa shape index (κ2) is 6.99. The van der Waals surface area contributed by atoms with Crippen LogP contribution in [0.4, 0.5) is 4.39 Å². The van der Waals surface area contributed by atoms with E-state index in [9.17, 15) is 14.0 Å². The standard InChI is InChI=1S/C20H25FN2O3/c21-17-3-1-2-15(12-17)13-22-8-6-20(19(22)25)7-9-23(14-20)18(24)16-4-10-26-11-5-16/h1-3,12,16H,4-11,13-14H2. The van der Waals surface area contributed by atoms with E-state index in [2.05, 4.69) is 0 Å². The largest absolute Gasteiger partial charge is 0.381 e. The third-order valence-corrected chi connectivity index (χ3v) is 6.10. The van der Waals surface area contributed by atoms with Crippen molar-refractivity contribution in [3.63, 3.8) is 0 Å². The van der Waals surface area contributed by atoms with E-state index in [0.29, 0.717) is 39.4 Å². The highest BCUT2D eigenvalue weighted by Gasteiger charge is 2.51. The van der Waals surface area contributed by atoms with Crippen molar-refractivity contribution in [2.24, 2.45) is 11.3 Å². The lowest BCUT2D eigenvalue weighted by atomic mass is 9.85. The van der Waals surface area contributed by atoms with E-state index in [1.807, 2.05) is 15.9 Å². The maximum atomic E-state index is 13.4. The summed E-state index contributed by atoms with van der Waals surface area (Å²) in [7, 11) is 0. The molecule has 1 aromatic rings. The van der Waals surface area contributed by atoms with Gasteiger partial charge in [0.05, 0.1) is 5.41 Å². The molecule has 3 heterocycles. The summed E-state index contributed by atoms with van der Waals surface area (Å²) >= 11 is 0. The molecule has 0 radical (unpaired) electrons. The highest BCUT2D eigenvalue weighted by molar-refractivity contribution is 5.87. The first kappa shape index (κ1) is 17.5. The van der Waals surface area contributed by atoms with Gasteiger partial charge in [-0.3, -0.25) is 9.59 Å². The highest BCUT2D eigenvalue weighted by atomic mass is 19.1. The molecule has 0 aliphatic carbocycles. The zero-order chi connectivity index (χ0) is 18.1. The fraction of sp³-hybridized carbons (Fsp3) is 0.600. The molecule has 5 nitrogen and oxygen atoms in total. The lowest BCUT2D eigenvalue weighted by molar-refractivity contribution is -0.139. The van der Waals surface area contributed by atoms with Crippen molar-refractivity contribution >= 4 is 11.8 Å². The van der Waals surface area contributed by atoms with Gasteiger partial charge >= 0.3 is 0 Å². The summed E-state index contributed by atoms with van der Waals surface area (Å²) in [5.41, 5.74) is 0.372. The number of carbonyl (C=O) groups is 2. The molecule has 0 bridgehead atoms. The lowest BCUT2D eigenvalue weighted by Crippen LogP contribution is -2.41. The van der Waals surface area contributed by atoms with Crippen LogP contribution in [0.3, 0.4) is 0 Å². The molecule has 26 heavy (non-hydrogen) atoms. The Bertz CT molecular complexity index is 704. The zero-order valence-electron chi connectivity index (χ0n) is 15.0. The molecule has 140 valence electrons. The SMILES string of the molecule is O=C(C1CCOCC1)N1CCC2(CCN(Cc3cccc(F)c3)C2=O)C1. The lowest BCUT2D eigenvalue weighted by Gasteiger charge is -2.28. The summed E-state index contributed by atoms with van der Waals surface area (Å²) in [6.45, 7) is 3.60. The predicted molar refractivity (Wildman–Crippen MR) is 93.6 cm³/mol. The Hall–Kier alpha value is -1.95. The van der Waals surface area contributed by atoms with Gasteiger partial charge in [0.15, 0.2) is 0 Å². The molecule has 0 N–H and O–H groups in total. The Balaban J connectivity index is 1.40. The van der Waals surface area contributed by atoms with E-state index in [4.69, 9.17) is 4.74 Å². The van der Waals surface area contributed by atoms with Gasteiger partial charge in [-0.15, -0.1) is 0 Å². The van der Waals surface area contributed by atoms with Crippen molar-refractivity contribution < 1.29 is 18.7 Å². The summed E-state index contributed by atoms with van der Waals surface area (Å²) in [5, 5.41) is 0. The van der Waals surface area contributed by atoms with Gasteiger partial charge in [-0.1, -0.05) is 12.1 Å². The van der Waals surface area contributed by atoms with E-state index < -0.39 is 5.41 Å². The molecule has 3 aliphatic rings. The molecule has 6 heteroatoms. The van der Waals surface area contributed by atoms with Gasteiger partial charge in [-0.05, 0) is 43.4 Å². The Morgan fingerprint density at radius 1 is 1.23 bits per heavy atom. The predicted octanol–water partition coefficient (Wildman–Crippen LogP) is 2.20. The molecule has 4 rings (SSSR count). The second-order valence-electron chi connectivity index (χ2n) is 7.78. The van der Waals surface area contributed by atoms with E-state index >= 15 is 0 Å². The molecule has 0 aromatic heterocycles. The fourth-order valence-corrected chi connectivity index (χ4v) is 4.54. The van der Waals surface area contributed by atoms with Gasteiger partial charge in [-0.25, -0.2) is 4.39 Å². The first-order valence-corrected chi connectivity index (χ1v) is 9.48. The van der Waals surface area contributed by atoms with E-state index in [-0.39, 0.29) is 23.5 Å². The first-order valence-electron chi connectivity index (χ1n) is 9.48. The number of rotatable bonds is 3. The number of ether oxygens (including phenoxy) is 1. The molecule has 0 saturated carbocycles. The molecule has 2 amide bonds. The van der Waals surface area contributed by atoms with Gasteiger partial charge < -0.3 is 14.5 Å². The van der Waals surface area contributed by atoms with Crippen LogP contribution in [-0.2, 0) is 20.9 Å². The first-order chi connectivity index (χ1) is 12.6. The van der Waals surface area contributed by atoms with Crippen LogP contribution in [0.5, 0.6) is 0 Å². The minimum absolute atomic E-state index is 0.0406. The van der Waals surface area contributed by atoms with E-state index in [1.165, 1.54) is 12.1 Å². The van der Waals surface area contributed by atoms with Gasteiger partial charge in [0.1, 0.15) is 5.82 Å². The van der Waals surface area contributed by atoms with Crippen molar-refractivity contribution in [2.75, 3.05) is 32.8 Å². The van der Waals surface area contributed by atoms with Gasteiger partial charge in [0.2, 0.25) is 11.8 Å². The highest BCUT2D eigenvalue weighted by Crippen LogP contribution is 2.42. The Morgan fingerprint density at radius 2 is 2.00 bits per heavy atom. The van der Waals surface area contributed by atoms with E-state index in [1.54, 1.807) is 6.07 Å². The molecular formula is C20H25FN2O3. The van der Waals surface area contributed by atoms with Crippen molar-refractivity contribution in [1.82, 2.24) is 9.80 Å². The van der Waals surface area contributed by atoms with Crippen molar-refractivity contribution in [3.8, 4) is 0 Å². The normalized spacial score (nSPS) is 26.9. The molecular weight excluding hydrogens is 335 g/mol. The maximum absolute atomic E-state index is 13.4. The molecule has 3 fully saturated rings. The minimum atomic E-state index is -0.436. The monoisotopic (exact) mass is 360 g/mol. The minimum Gasteiger partial charge on any atom is -0.381 e. The number of carbonyl (C=O) groups excluding carboxylic acids is 2. The molecule has 3 aliphatic heterocycles. The smallest absolute Gasteiger partial charge is 0.231 e. The third-order valence-electron chi connectivity index (χ3n) is 6.10. The van der Waals surface area contributed by atoms with Crippen LogP contribution < -0.4 is 0 Å². The molecule has 3 saturated heterocycles. The van der Waals surface area contributed by atoms with Gasteiger partial charge in [-0.2, -0.15) is 0 Å². The Labute approximate surface area is 153 Å². The topological polar surface area (TPSA) is 49.9 Å². The summed E-state index contributed by atoms with van der Waals surface area (Å²) in [4.78, 5) is 29.5. The van der Waals surface area contributed by atoms with E-state index in [0.717, 1.165) is 31.2 Å². The maximum Gasteiger partial charge on any atom is 0.231 e. The Morgan fingerprint density at radius 3 is 2.77 bits per heavy atom. The third kappa shape index (κ3) is 3.22. The van der Waals surface area contributed by atoms with Crippen LogP contribution in [-0.4, -0.2) is 54.5 Å². The van der Waals surface area contributed by atoms with Crippen molar-refractivity contribution in [3.05, 3.63) is 35.6 Å². The van der Waals surface area contributed by atoms with Crippen LogP contribution in [0.1, 0.15) is 31.2 Å². The number of benzene rings is 1. The molecule has 1 aromatic carbocycles. The van der Waals surface area contributed by atoms with Gasteiger partial charge in [0, 0.05) is 45.3 Å². The molecule has 1 atom stereocenters. The number of nitrogens with zero attached hydrogens (tertiary/aromatic N) is 2. The summed E-state index contributed by atoms with van der Waals surface area (Å²) < 4.78 is 18.7. The number of hydrogen-bond acceptors (Lipinski definition) is 3. The number of halogens is 1. The fourth-order valence-electron chi connectivity index (χ4n) is 4.54. The van der Waals surface area contributed by atoms with Crippen LogP contribution in [0, 0.1) is 17.2 Å². The number of amides is 2. The summed E-state index contributed by atoms with van der Waals surface area (Å²) in [6.07, 6.45) is 3.07. The average Bonchev–Trinajstić information content (AvgIpc) is 3.22. The molecule has 1 spiro atoms. The van der Waals surface area contributed by atoms with Crippen LogP contribution in [0.2, 0.25) is 0 Å². The van der Waals surface area contributed by atoms with Crippen molar-refractivity contribution in [2.45, 2.75) is 32.2 Å². The summed E-state index contributed by atoms with van der Waals surface area (Å²) in [6, 6.07) is 6.41. The second-order valence-corrected chi connectivity index (χ2v) is 7.78. The van der Waals surface area contributed by atoms with Crippen molar-refractivity contribution in [1.29, 1.82) is 0 Å². The Kier molecular flexibility index (Phi) is 4.69. The number of hydrogen-bond donors (Lipinski definition) is 0. The van der Waals surface area contributed by atoms with Crippen LogP contribution in [0.15, 0.2) is 24.3 Å². The molecule has 1 unspecified atom stereocenters. The average molecular weight is 360 g/mol. The quantitative estimate of drug-likeness (QED) is 0.830.